The molecule has 0 unspecified atom stereocenters. The molecule has 2 nitrogen and oxygen atoms in total. The van der Waals surface area contributed by atoms with Gasteiger partial charge in [0, 0.05) is 32.7 Å². The number of aromatic nitrogens is 2. The quantitative estimate of drug-likeness (QED) is 0.345. The lowest BCUT2D eigenvalue weighted by atomic mass is 9.89. The molecular formula is C26H18N2. The van der Waals surface area contributed by atoms with E-state index in [9.17, 15) is 0 Å². The van der Waals surface area contributed by atoms with Crippen LogP contribution in [0.3, 0.4) is 0 Å². The molecule has 0 fully saturated rings. The number of nitrogens with zero attached hydrogens (tertiary/aromatic N) is 1. The normalized spacial score (nSPS) is 13.4. The van der Waals surface area contributed by atoms with Gasteiger partial charge in [0.2, 0.25) is 0 Å². The van der Waals surface area contributed by atoms with E-state index in [2.05, 4.69) is 88.4 Å². The van der Waals surface area contributed by atoms with Crippen molar-refractivity contribution in [2.24, 2.45) is 0 Å². The number of aromatic amines is 1. The summed E-state index contributed by atoms with van der Waals surface area (Å²) < 4.78 is 2.45. The van der Waals surface area contributed by atoms with Crippen LogP contribution >= 0.6 is 0 Å². The zero-order valence-corrected chi connectivity index (χ0v) is 15.4. The van der Waals surface area contributed by atoms with Crippen LogP contribution in [0.5, 0.6) is 0 Å². The number of rotatable bonds is 1. The van der Waals surface area contributed by atoms with Crippen LogP contribution in [-0.4, -0.2) is 9.55 Å². The summed E-state index contributed by atoms with van der Waals surface area (Å²) in [5.74, 6) is 0. The lowest BCUT2D eigenvalue weighted by Gasteiger charge is -2.14. The predicted octanol–water partition coefficient (Wildman–Crippen LogP) is 6.52. The third kappa shape index (κ3) is 1.68. The van der Waals surface area contributed by atoms with Crippen LogP contribution in [0.2, 0.25) is 0 Å². The van der Waals surface area contributed by atoms with E-state index < -0.39 is 0 Å². The molecule has 0 saturated carbocycles. The molecule has 1 N–H and O–H groups in total. The Kier molecular flexibility index (Phi) is 2.62. The summed E-state index contributed by atoms with van der Waals surface area (Å²) in [5, 5.41) is 5.51. The minimum Gasteiger partial charge on any atom is -0.354 e. The van der Waals surface area contributed by atoms with Crippen molar-refractivity contribution in [3.05, 3.63) is 90.0 Å². The average Bonchev–Trinajstić information content (AvgIpc) is 3.29. The maximum Gasteiger partial charge on any atom is 0.0551 e. The lowest BCUT2D eigenvalue weighted by molar-refractivity contribution is 0.975. The summed E-state index contributed by atoms with van der Waals surface area (Å²) >= 11 is 0. The second-order valence-corrected chi connectivity index (χ2v) is 7.82. The fraction of sp³-hybridized carbons (Fsp3) is 0.0769. The van der Waals surface area contributed by atoms with Gasteiger partial charge >= 0.3 is 0 Å². The second kappa shape index (κ2) is 5.05. The van der Waals surface area contributed by atoms with Crippen molar-refractivity contribution >= 4 is 43.6 Å². The third-order valence-electron chi connectivity index (χ3n) is 6.41. The second-order valence-electron chi connectivity index (χ2n) is 7.82. The number of H-pyrrole nitrogens is 1. The Morgan fingerprint density at radius 1 is 0.679 bits per heavy atom. The van der Waals surface area contributed by atoms with Gasteiger partial charge in [-0.15, -0.1) is 0 Å². The average molecular weight is 358 g/mol. The van der Waals surface area contributed by atoms with E-state index in [-0.39, 0.29) is 0 Å². The Morgan fingerprint density at radius 3 is 2.46 bits per heavy atom. The summed E-state index contributed by atoms with van der Waals surface area (Å²) in [4.78, 5) is 3.72. The van der Waals surface area contributed by atoms with Crippen LogP contribution in [-0.2, 0) is 12.8 Å². The number of hydrogen-bond acceptors (Lipinski definition) is 0. The van der Waals surface area contributed by atoms with Crippen LogP contribution in [0.4, 0.5) is 0 Å². The zero-order valence-electron chi connectivity index (χ0n) is 15.4. The summed E-state index contributed by atoms with van der Waals surface area (Å²) in [6, 6.07) is 28.6. The smallest absolute Gasteiger partial charge is 0.0551 e. The number of nitrogens with one attached hydrogen (secondary N) is 1. The van der Waals surface area contributed by atoms with Gasteiger partial charge in [0.1, 0.15) is 0 Å². The molecule has 4 aromatic carbocycles. The van der Waals surface area contributed by atoms with Gasteiger partial charge in [0.25, 0.3) is 0 Å². The Labute approximate surface area is 162 Å². The van der Waals surface area contributed by atoms with Gasteiger partial charge in [0.15, 0.2) is 0 Å². The van der Waals surface area contributed by atoms with Gasteiger partial charge in [-0.2, -0.15) is 0 Å². The summed E-state index contributed by atoms with van der Waals surface area (Å²) in [5.41, 5.74) is 9.35. The molecule has 2 heterocycles. The van der Waals surface area contributed by atoms with Crippen LogP contribution in [0.25, 0.3) is 49.3 Å². The third-order valence-corrected chi connectivity index (χ3v) is 6.41. The monoisotopic (exact) mass is 358 g/mol. The number of para-hydroxylation sites is 2. The molecule has 1 aliphatic carbocycles. The fourth-order valence-corrected chi connectivity index (χ4v) is 5.26. The number of hydrogen-bond donors (Lipinski definition) is 1. The molecular weight excluding hydrogens is 340 g/mol. The first kappa shape index (κ1) is 14.5. The van der Waals surface area contributed by atoms with Crippen molar-refractivity contribution in [3.8, 4) is 5.69 Å². The van der Waals surface area contributed by atoms with Gasteiger partial charge in [-0.3, -0.25) is 0 Å². The van der Waals surface area contributed by atoms with Crippen molar-refractivity contribution in [1.29, 1.82) is 0 Å². The van der Waals surface area contributed by atoms with E-state index in [1.54, 1.807) is 0 Å². The molecule has 1 aliphatic rings. The Balaban J connectivity index is 1.79. The van der Waals surface area contributed by atoms with E-state index >= 15 is 0 Å². The van der Waals surface area contributed by atoms with Gasteiger partial charge in [-0.05, 0) is 54.3 Å². The summed E-state index contributed by atoms with van der Waals surface area (Å²) in [7, 11) is 0. The zero-order chi connectivity index (χ0) is 18.2. The molecule has 0 amide bonds. The molecule has 0 atom stereocenters. The van der Waals surface area contributed by atoms with Gasteiger partial charge in [0.05, 0.1) is 16.6 Å². The molecule has 6 aromatic rings. The molecule has 0 bridgehead atoms. The standard InChI is InChI=1S/C26H18N2/c1-2-8-17(9-3-1)28-22-12-6-7-16-13-14-19-25(24(16)22)23(28)15-20-18-10-4-5-11-21(18)27-26(19)20/h1-12,15,27H,13-14H2. The van der Waals surface area contributed by atoms with Crippen molar-refractivity contribution in [2.75, 3.05) is 0 Å². The highest BCUT2D eigenvalue weighted by Gasteiger charge is 2.24. The van der Waals surface area contributed by atoms with Gasteiger partial charge in [-0.1, -0.05) is 48.5 Å². The van der Waals surface area contributed by atoms with Crippen molar-refractivity contribution in [2.45, 2.75) is 12.8 Å². The maximum absolute atomic E-state index is 3.72. The van der Waals surface area contributed by atoms with E-state index in [0.717, 1.165) is 12.8 Å². The van der Waals surface area contributed by atoms with Crippen LogP contribution in [0.15, 0.2) is 78.9 Å². The molecule has 7 rings (SSSR count). The van der Waals surface area contributed by atoms with Crippen molar-refractivity contribution < 1.29 is 0 Å². The lowest BCUT2D eigenvalue weighted by Crippen LogP contribution is -1.99. The van der Waals surface area contributed by atoms with E-state index in [4.69, 9.17) is 0 Å². The van der Waals surface area contributed by atoms with Gasteiger partial charge in [-0.25, -0.2) is 0 Å². The maximum atomic E-state index is 3.72. The topological polar surface area (TPSA) is 20.7 Å². The first-order valence-electron chi connectivity index (χ1n) is 9.94. The van der Waals surface area contributed by atoms with Crippen molar-refractivity contribution in [1.82, 2.24) is 9.55 Å². The molecule has 0 aliphatic heterocycles. The minimum absolute atomic E-state index is 1.09. The molecule has 2 aromatic heterocycles. The van der Waals surface area contributed by atoms with Gasteiger partial charge < -0.3 is 9.55 Å². The molecule has 28 heavy (non-hydrogen) atoms. The number of fused-ring (bicyclic) bond motifs is 4. The van der Waals surface area contributed by atoms with Crippen LogP contribution in [0, 0.1) is 0 Å². The SMILES string of the molecule is c1ccc(-n2c3cccc4c3c3c(c5[nH]c6ccccc6c5cc32)CC4)cc1. The first-order chi connectivity index (χ1) is 13.9. The molecule has 0 saturated heterocycles. The first-order valence-corrected chi connectivity index (χ1v) is 9.94. The van der Waals surface area contributed by atoms with Crippen molar-refractivity contribution in [3.63, 3.8) is 0 Å². The Hall–Kier alpha value is -3.52. The molecule has 2 heteroatoms. The number of aryl methyl sites for hydroxylation is 2. The largest absolute Gasteiger partial charge is 0.354 e. The fourth-order valence-electron chi connectivity index (χ4n) is 5.26. The predicted molar refractivity (Wildman–Crippen MR) is 118 cm³/mol. The highest BCUT2D eigenvalue weighted by Crippen LogP contribution is 2.43. The molecule has 0 spiro atoms. The highest BCUT2D eigenvalue weighted by atomic mass is 15.0. The Bertz CT molecular complexity index is 1550. The minimum atomic E-state index is 1.09. The molecule has 0 radical (unpaired) electrons. The Morgan fingerprint density at radius 2 is 1.54 bits per heavy atom. The van der Waals surface area contributed by atoms with E-state index in [1.807, 2.05) is 0 Å². The van der Waals surface area contributed by atoms with E-state index in [0.29, 0.717) is 0 Å². The summed E-state index contributed by atoms with van der Waals surface area (Å²) in [6.45, 7) is 0. The van der Waals surface area contributed by atoms with Crippen LogP contribution < -0.4 is 0 Å². The summed E-state index contributed by atoms with van der Waals surface area (Å²) in [6.07, 6.45) is 2.19. The highest BCUT2D eigenvalue weighted by molar-refractivity contribution is 6.21. The van der Waals surface area contributed by atoms with E-state index in [1.165, 1.54) is 60.4 Å². The van der Waals surface area contributed by atoms with Crippen LogP contribution in [0.1, 0.15) is 11.1 Å². The molecule has 132 valence electrons. The number of benzene rings is 4.